The fourth-order valence-corrected chi connectivity index (χ4v) is 1.43. The minimum Gasteiger partial charge on any atom is -0.383 e. The summed E-state index contributed by atoms with van der Waals surface area (Å²) in [4.78, 5) is 17.7. The second-order valence-corrected chi connectivity index (χ2v) is 4.46. The molecule has 2 N–H and O–H groups in total. The molecule has 0 saturated heterocycles. The van der Waals surface area contributed by atoms with Gasteiger partial charge in [-0.05, 0) is 32.6 Å². The van der Waals surface area contributed by atoms with E-state index in [9.17, 15) is 4.79 Å². The Morgan fingerprint density at radius 3 is 2.72 bits per heavy atom. The SMILES string of the molecule is CCCC(=O)Nc1ccc(NCCN(C)C)cn1. The normalized spacial score (nSPS) is 10.4. The highest BCUT2D eigenvalue weighted by Gasteiger charge is 2.01. The van der Waals surface area contributed by atoms with Gasteiger partial charge >= 0.3 is 0 Å². The van der Waals surface area contributed by atoms with Gasteiger partial charge in [-0.2, -0.15) is 0 Å². The maximum atomic E-state index is 11.4. The number of hydrogen-bond donors (Lipinski definition) is 2. The van der Waals surface area contributed by atoms with E-state index in [0.29, 0.717) is 12.2 Å². The highest BCUT2D eigenvalue weighted by atomic mass is 16.1. The predicted octanol–water partition coefficient (Wildman–Crippen LogP) is 1.79. The first-order valence-corrected chi connectivity index (χ1v) is 6.26. The van der Waals surface area contributed by atoms with Crippen molar-refractivity contribution in [2.45, 2.75) is 19.8 Å². The van der Waals surface area contributed by atoms with E-state index in [1.54, 1.807) is 6.20 Å². The van der Waals surface area contributed by atoms with Crippen LogP contribution in [0, 0.1) is 0 Å². The molecule has 18 heavy (non-hydrogen) atoms. The number of aromatic nitrogens is 1. The standard InChI is InChI=1S/C13H22N4O/c1-4-5-13(18)16-12-7-6-11(10-15-12)14-8-9-17(2)3/h6-7,10,14H,4-5,8-9H2,1-3H3,(H,15,16,18). The number of nitrogens with zero attached hydrogens (tertiary/aromatic N) is 2. The molecule has 100 valence electrons. The third-order valence-electron chi connectivity index (χ3n) is 2.40. The van der Waals surface area contributed by atoms with Crippen molar-refractivity contribution in [3.63, 3.8) is 0 Å². The van der Waals surface area contributed by atoms with Crippen LogP contribution in [0.25, 0.3) is 0 Å². The first kappa shape index (κ1) is 14.4. The zero-order chi connectivity index (χ0) is 13.4. The molecular weight excluding hydrogens is 228 g/mol. The molecule has 5 nitrogen and oxygen atoms in total. The van der Waals surface area contributed by atoms with E-state index >= 15 is 0 Å². The minimum atomic E-state index is 0.0123. The highest BCUT2D eigenvalue weighted by Crippen LogP contribution is 2.09. The number of rotatable bonds is 7. The number of amides is 1. The number of anilines is 2. The lowest BCUT2D eigenvalue weighted by Gasteiger charge is -2.11. The second kappa shape index (κ2) is 7.66. The summed E-state index contributed by atoms with van der Waals surface area (Å²) in [5.74, 6) is 0.616. The average molecular weight is 250 g/mol. The van der Waals surface area contributed by atoms with Gasteiger partial charge in [-0.15, -0.1) is 0 Å². The van der Waals surface area contributed by atoms with Gasteiger partial charge in [0, 0.05) is 19.5 Å². The third-order valence-corrected chi connectivity index (χ3v) is 2.40. The van der Waals surface area contributed by atoms with Crippen LogP contribution in [0.3, 0.4) is 0 Å². The van der Waals surface area contributed by atoms with Crippen molar-refractivity contribution in [1.29, 1.82) is 0 Å². The van der Waals surface area contributed by atoms with Crippen molar-refractivity contribution >= 4 is 17.4 Å². The van der Waals surface area contributed by atoms with Crippen LogP contribution in [-0.2, 0) is 4.79 Å². The van der Waals surface area contributed by atoms with Crippen molar-refractivity contribution in [3.05, 3.63) is 18.3 Å². The van der Waals surface area contributed by atoms with Crippen LogP contribution in [0.1, 0.15) is 19.8 Å². The van der Waals surface area contributed by atoms with Gasteiger partial charge in [0.15, 0.2) is 0 Å². The molecule has 0 radical (unpaired) electrons. The van der Waals surface area contributed by atoms with E-state index in [1.807, 2.05) is 33.2 Å². The molecule has 0 atom stereocenters. The summed E-state index contributed by atoms with van der Waals surface area (Å²) in [6.07, 6.45) is 3.11. The van der Waals surface area contributed by atoms with Crippen LogP contribution in [-0.4, -0.2) is 43.0 Å². The van der Waals surface area contributed by atoms with Crippen molar-refractivity contribution < 1.29 is 4.79 Å². The van der Waals surface area contributed by atoms with Crippen LogP contribution in [0.2, 0.25) is 0 Å². The van der Waals surface area contributed by atoms with Gasteiger partial charge in [-0.25, -0.2) is 4.98 Å². The van der Waals surface area contributed by atoms with E-state index in [1.165, 1.54) is 0 Å². The Hall–Kier alpha value is -1.62. The predicted molar refractivity (Wildman–Crippen MR) is 74.8 cm³/mol. The van der Waals surface area contributed by atoms with Crippen molar-refractivity contribution in [3.8, 4) is 0 Å². The fraction of sp³-hybridized carbons (Fsp3) is 0.538. The van der Waals surface area contributed by atoms with E-state index in [4.69, 9.17) is 0 Å². The lowest BCUT2D eigenvalue weighted by atomic mass is 10.3. The van der Waals surface area contributed by atoms with Gasteiger partial charge in [0.2, 0.25) is 5.91 Å². The first-order valence-electron chi connectivity index (χ1n) is 6.26. The quantitative estimate of drug-likeness (QED) is 0.774. The molecule has 1 heterocycles. The summed E-state index contributed by atoms with van der Waals surface area (Å²) in [6.45, 7) is 3.82. The van der Waals surface area contributed by atoms with Crippen molar-refractivity contribution in [1.82, 2.24) is 9.88 Å². The summed E-state index contributed by atoms with van der Waals surface area (Å²) in [5.41, 5.74) is 0.963. The monoisotopic (exact) mass is 250 g/mol. The second-order valence-electron chi connectivity index (χ2n) is 4.46. The molecule has 1 amide bonds. The van der Waals surface area contributed by atoms with Crippen LogP contribution >= 0.6 is 0 Å². The lowest BCUT2D eigenvalue weighted by molar-refractivity contribution is -0.116. The fourth-order valence-electron chi connectivity index (χ4n) is 1.43. The number of hydrogen-bond acceptors (Lipinski definition) is 4. The average Bonchev–Trinajstić information content (AvgIpc) is 2.31. The van der Waals surface area contributed by atoms with Crippen LogP contribution in [0.4, 0.5) is 11.5 Å². The molecule has 0 fully saturated rings. The Labute approximate surface area is 109 Å². The van der Waals surface area contributed by atoms with Crippen molar-refractivity contribution in [2.24, 2.45) is 0 Å². The van der Waals surface area contributed by atoms with E-state index in [2.05, 4.69) is 20.5 Å². The lowest BCUT2D eigenvalue weighted by Crippen LogP contribution is -2.20. The topological polar surface area (TPSA) is 57.3 Å². The zero-order valence-electron chi connectivity index (χ0n) is 11.4. The van der Waals surface area contributed by atoms with Gasteiger partial charge in [0.25, 0.3) is 0 Å². The third kappa shape index (κ3) is 5.63. The first-order chi connectivity index (χ1) is 8.61. The van der Waals surface area contributed by atoms with Crippen LogP contribution in [0.5, 0.6) is 0 Å². The van der Waals surface area contributed by atoms with Gasteiger partial charge in [0.05, 0.1) is 11.9 Å². The molecule has 0 aromatic carbocycles. The summed E-state index contributed by atoms with van der Waals surface area (Å²) in [6, 6.07) is 3.73. The molecule has 0 aliphatic carbocycles. The molecule has 0 unspecified atom stereocenters. The molecule has 1 aromatic rings. The van der Waals surface area contributed by atoms with Gasteiger partial charge in [-0.1, -0.05) is 6.92 Å². The smallest absolute Gasteiger partial charge is 0.225 e. The number of likely N-dealkylation sites (N-methyl/N-ethyl adjacent to an activating group) is 1. The number of pyridine rings is 1. The molecular formula is C13H22N4O. The Morgan fingerprint density at radius 2 is 2.17 bits per heavy atom. The molecule has 0 bridgehead atoms. The maximum Gasteiger partial charge on any atom is 0.225 e. The minimum absolute atomic E-state index is 0.0123. The van der Waals surface area contributed by atoms with E-state index < -0.39 is 0 Å². The molecule has 0 spiro atoms. The Morgan fingerprint density at radius 1 is 1.39 bits per heavy atom. The Kier molecular flexibility index (Phi) is 6.14. The Balaban J connectivity index is 2.40. The molecule has 1 aromatic heterocycles. The molecule has 5 heteroatoms. The van der Waals surface area contributed by atoms with Gasteiger partial charge in [0.1, 0.15) is 5.82 Å². The van der Waals surface area contributed by atoms with Crippen LogP contribution < -0.4 is 10.6 Å². The van der Waals surface area contributed by atoms with Gasteiger partial charge in [-0.3, -0.25) is 4.79 Å². The maximum absolute atomic E-state index is 11.4. The van der Waals surface area contributed by atoms with Crippen molar-refractivity contribution in [2.75, 3.05) is 37.8 Å². The zero-order valence-corrected chi connectivity index (χ0v) is 11.4. The van der Waals surface area contributed by atoms with Gasteiger partial charge < -0.3 is 15.5 Å². The number of carbonyl (C=O) groups excluding carboxylic acids is 1. The summed E-state index contributed by atoms with van der Waals surface area (Å²) < 4.78 is 0. The largest absolute Gasteiger partial charge is 0.383 e. The number of nitrogens with one attached hydrogen (secondary N) is 2. The Bertz CT molecular complexity index is 362. The summed E-state index contributed by atoms with van der Waals surface area (Å²) >= 11 is 0. The van der Waals surface area contributed by atoms with Crippen LogP contribution in [0.15, 0.2) is 18.3 Å². The van der Waals surface area contributed by atoms with E-state index in [0.717, 1.165) is 25.2 Å². The van der Waals surface area contributed by atoms with E-state index in [-0.39, 0.29) is 5.91 Å². The molecule has 0 saturated carbocycles. The molecule has 1 rings (SSSR count). The molecule has 0 aliphatic heterocycles. The number of carbonyl (C=O) groups is 1. The molecule has 0 aliphatic rings. The highest BCUT2D eigenvalue weighted by molar-refractivity contribution is 5.89. The summed E-state index contributed by atoms with van der Waals surface area (Å²) in [5, 5.41) is 6.02. The summed E-state index contributed by atoms with van der Waals surface area (Å²) in [7, 11) is 4.07.